The molecule has 156 valence electrons. The van der Waals surface area contributed by atoms with E-state index in [-0.39, 0.29) is 18.1 Å². The second-order valence-electron chi connectivity index (χ2n) is 6.70. The summed E-state index contributed by atoms with van der Waals surface area (Å²) < 4.78 is 6.35. The van der Waals surface area contributed by atoms with Crippen LogP contribution in [0.1, 0.15) is 51.5 Å². The minimum atomic E-state index is -0.811. The number of para-hydroxylation sites is 1. The van der Waals surface area contributed by atoms with Crippen LogP contribution in [0, 0.1) is 0 Å². The lowest BCUT2D eigenvalue weighted by molar-refractivity contribution is -0.137. The van der Waals surface area contributed by atoms with Gasteiger partial charge in [-0.15, -0.1) is 0 Å². The fraction of sp³-hybridized carbons (Fsp3) is 0.429. The maximum atomic E-state index is 12.8. The molecule has 1 N–H and O–H groups in total. The number of thioether (sulfide) groups is 1. The van der Waals surface area contributed by atoms with Crippen molar-refractivity contribution >= 4 is 52.0 Å². The van der Waals surface area contributed by atoms with Crippen LogP contribution in [0.5, 0.6) is 5.75 Å². The number of carboxylic acids is 1. The minimum absolute atomic E-state index is 0.0449. The Morgan fingerprint density at radius 2 is 2.00 bits per heavy atom. The Bertz CT molecular complexity index is 821. The number of carbonyl (C=O) groups is 3. The van der Waals surface area contributed by atoms with Crippen molar-refractivity contribution in [1.82, 2.24) is 4.90 Å². The maximum Gasteiger partial charge on any atom is 0.303 e. The molecule has 1 aromatic rings. The van der Waals surface area contributed by atoms with Crippen LogP contribution in [0.15, 0.2) is 29.2 Å². The molecule has 1 aliphatic heterocycles. The number of unbranched alkanes of at least 4 members (excludes halogenated alkanes) is 2. The molecule has 1 atom stereocenters. The van der Waals surface area contributed by atoms with Crippen molar-refractivity contribution < 1.29 is 24.2 Å². The summed E-state index contributed by atoms with van der Waals surface area (Å²) in [6.07, 6.45) is 3.92. The quantitative estimate of drug-likeness (QED) is 0.315. The number of ketones is 1. The topological polar surface area (TPSA) is 83.9 Å². The molecule has 0 saturated carbocycles. The van der Waals surface area contributed by atoms with Gasteiger partial charge in [0.2, 0.25) is 0 Å². The molecule has 1 amide bonds. The summed E-state index contributed by atoms with van der Waals surface area (Å²) in [7, 11) is 0. The van der Waals surface area contributed by atoms with E-state index in [4.69, 9.17) is 22.1 Å². The first-order valence-corrected chi connectivity index (χ1v) is 10.8. The molecular weight excluding hydrogens is 410 g/mol. The van der Waals surface area contributed by atoms with E-state index < -0.39 is 12.1 Å². The lowest BCUT2D eigenvalue weighted by atomic mass is 10.1. The third kappa shape index (κ3) is 6.68. The molecule has 1 aromatic carbocycles. The lowest BCUT2D eigenvalue weighted by Gasteiger charge is -2.16. The SMILES string of the molecule is CCC(Oc1ccccc1/C=C1\SC(=S)N(CCCCCC(=O)O)C1=O)C(C)=O. The molecule has 6 nitrogen and oxygen atoms in total. The molecule has 1 unspecified atom stereocenters. The van der Waals surface area contributed by atoms with Crippen molar-refractivity contribution in [2.24, 2.45) is 0 Å². The predicted octanol–water partition coefficient (Wildman–Crippen LogP) is 4.28. The molecule has 8 heteroatoms. The van der Waals surface area contributed by atoms with E-state index in [9.17, 15) is 14.4 Å². The number of carbonyl (C=O) groups excluding carboxylic acids is 2. The minimum Gasteiger partial charge on any atom is -0.482 e. The Kier molecular flexibility index (Phi) is 8.85. The fourth-order valence-corrected chi connectivity index (χ4v) is 4.17. The lowest BCUT2D eigenvalue weighted by Crippen LogP contribution is -2.29. The Balaban J connectivity index is 2.07. The van der Waals surface area contributed by atoms with Gasteiger partial charge < -0.3 is 9.84 Å². The van der Waals surface area contributed by atoms with E-state index in [1.165, 1.54) is 18.7 Å². The van der Waals surface area contributed by atoms with Crippen molar-refractivity contribution in [1.29, 1.82) is 0 Å². The number of carboxylic acid groups (broad SMARTS) is 1. The molecule has 0 aromatic heterocycles. The van der Waals surface area contributed by atoms with E-state index in [0.29, 0.717) is 46.3 Å². The number of hydrogen-bond acceptors (Lipinski definition) is 6. The van der Waals surface area contributed by atoms with Gasteiger partial charge in [-0.25, -0.2) is 0 Å². The number of nitrogens with zero attached hydrogens (tertiary/aromatic N) is 1. The Hall–Kier alpha value is -2.19. The summed E-state index contributed by atoms with van der Waals surface area (Å²) >= 11 is 6.58. The third-order valence-electron chi connectivity index (χ3n) is 4.44. The van der Waals surface area contributed by atoms with Gasteiger partial charge in [0.15, 0.2) is 11.9 Å². The average Bonchev–Trinajstić information content (AvgIpc) is 2.93. The molecule has 2 rings (SSSR count). The number of ether oxygens (including phenoxy) is 1. The highest BCUT2D eigenvalue weighted by Crippen LogP contribution is 2.34. The maximum absolute atomic E-state index is 12.8. The van der Waals surface area contributed by atoms with Gasteiger partial charge in [-0.05, 0) is 38.3 Å². The van der Waals surface area contributed by atoms with Gasteiger partial charge >= 0.3 is 5.97 Å². The van der Waals surface area contributed by atoms with Crippen molar-refractivity contribution in [3.8, 4) is 5.75 Å². The summed E-state index contributed by atoms with van der Waals surface area (Å²) in [5.74, 6) is -0.467. The molecule has 0 spiro atoms. The smallest absolute Gasteiger partial charge is 0.303 e. The number of amides is 1. The standard InChI is InChI=1S/C21H25NO5S2/c1-3-16(14(2)23)27-17-10-7-6-9-15(17)13-18-20(26)22(21(28)29-18)12-8-4-5-11-19(24)25/h6-7,9-10,13,16H,3-5,8,11-12H2,1-2H3,(H,24,25)/b18-13-. The molecule has 0 radical (unpaired) electrons. The number of hydrogen-bond donors (Lipinski definition) is 1. The van der Waals surface area contributed by atoms with Gasteiger partial charge in [0.1, 0.15) is 10.1 Å². The second kappa shape index (κ2) is 11.1. The van der Waals surface area contributed by atoms with Crippen LogP contribution < -0.4 is 4.74 Å². The Morgan fingerprint density at radius 1 is 1.28 bits per heavy atom. The summed E-state index contributed by atoms with van der Waals surface area (Å²) in [5, 5.41) is 8.68. The zero-order valence-corrected chi connectivity index (χ0v) is 18.2. The van der Waals surface area contributed by atoms with Gasteiger partial charge in [0, 0.05) is 18.5 Å². The van der Waals surface area contributed by atoms with E-state index in [1.54, 1.807) is 17.0 Å². The molecule has 1 aliphatic rings. The van der Waals surface area contributed by atoms with Crippen LogP contribution in [0.2, 0.25) is 0 Å². The highest BCUT2D eigenvalue weighted by atomic mass is 32.2. The van der Waals surface area contributed by atoms with E-state index >= 15 is 0 Å². The number of aliphatic carboxylic acids is 1. The average molecular weight is 436 g/mol. The molecular formula is C21H25NO5S2. The number of rotatable bonds is 11. The molecule has 1 fully saturated rings. The van der Waals surface area contributed by atoms with Crippen LogP contribution >= 0.6 is 24.0 Å². The van der Waals surface area contributed by atoms with Gasteiger partial charge in [-0.1, -0.05) is 55.5 Å². The predicted molar refractivity (Wildman–Crippen MR) is 118 cm³/mol. The Morgan fingerprint density at radius 3 is 2.66 bits per heavy atom. The first-order chi connectivity index (χ1) is 13.8. The normalized spacial score (nSPS) is 16.3. The van der Waals surface area contributed by atoms with Gasteiger partial charge in [0.05, 0.1) is 4.91 Å². The largest absolute Gasteiger partial charge is 0.482 e. The first kappa shape index (κ1) is 23.1. The zero-order chi connectivity index (χ0) is 21.4. The summed E-state index contributed by atoms with van der Waals surface area (Å²) in [4.78, 5) is 37.1. The van der Waals surface area contributed by atoms with Gasteiger partial charge in [0.25, 0.3) is 5.91 Å². The summed E-state index contributed by atoms with van der Waals surface area (Å²) in [5.41, 5.74) is 0.717. The zero-order valence-electron chi connectivity index (χ0n) is 16.6. The van der Waals surface area contributed by atoms with Crippen LogP contribution in [-0.2, 0) is 14.4 Å². The summed E-state index contributed by atoms with van der Waals surface area (Å²) in [6, 6.07) is 7.28. The first-order valence-electron chi connectivity index (χ1n) is 9.56. The van der Waals surface area contributed by atoms with Crippen molar-refractivity contribution in [3.63, 3.8) is 0 Å². The van der Waals surface area contributed by atoms with Crippen molar-refractivity contribution in [3.05, 3.63) is 34.7 Å². The highest BCUT2D eigenvalue weighted by Gasteiger charge is 2.31. The molecule has 29 heavy (non-hydrogen) atoms. The van der Waals surface area contributed by atoms with E-state index in [2.05, 4.69) is 0 Å². The van der Waals surface area contributed by atoms with Crippen LogP contribution in [0.4, 0.5) is 0 Å². The van der Waals surface area contributed by atoms with Crippen LogP contribution in [-0.4, -0.2) is 44.6 Å². The van der Waals surface area contributed by atoms with Crippen LogP contribution in [0.25, 0.3) is 6.08 Å². The van der Waals surface area contributed by atoms with Crippen molar-refractivity contribution in [2.45, 2.75) is 52.1 Å². The molecule has 1 saturated heterocycles. The van der Waals surface area contributed by atoms with E-state index in [1.807, 2.05) is 25.1 Å². The second-order valence-corrected chi connectivity index (χ2v) is 8.38. The van der Waals surface area contributed by atoms with Gasteiger partial charge in [-0.3, -0.25) is 19.3 Å². The number of Topliss-reactive ketones (excluding diaryl/α,β-unsaturated/α-hetero) is 1. The van der Waals surface area contributed by atoms with E-state index in [0.717, 1.165) is 6.42 Å². The van der Waals surface area contributed by atoms with Crippen LogP contribution in [0.3, 0.4) is 0 Å². The molecule has 0 bridgehead atoms. The molecule has 0 aliphatic carbocycles. The summed E-state index contributed by atoms with van der Waals surface area (Å²) in [6.45, 7) is 3.86. The third-order valence-corrected chi connectivity index (χ3v) is 5.82. The van der Waals surface area contributed by atoms with Crippen molar-refractivity contribution in [2.75, 3.05) is 6.54 Å². The fourth-order valence-electron chi connectivity index (χ4n) is 2.87. The van der Waals surface area contributed by atoms with Gasteiger partial charge in [-0.2, -0.15) is 0 Å². The number of benzene rings is 1. The number of thiocarbonyl (C=S) groups is 1. The highest BCUT2D eigenvalue weighted by molar-refractivity contribution is 8.26. The monoisotopic (exact) mass is 435 g/mol. The molecule has 1 heterocycles. The Labute approximate surface area is 180 Å².